The molecule has 2 aromatic carbocycles. The van der Waals surface area contributed by atoms with Gasteiger partial charge in [0.25, 0.3) is 0 Å². The zero-order chi connectivity index (χ0) is 23.1. The lowest BCUT2D eigenvalue weighted by atomic mass is 10.1. The quantitative estimate of drug-likeness (QED) is 0.288. The highest BCUT2D eigenvalue weighted by molar-refractivity contribution is 14.0. The number of nitrogens with one attached hydrogen (secondary N) is 2. The average Bonchev–Trinajstić information content (AvgIpc) is 3.27. The van der Waals surface area contributed by atoms with Crippen LogP contribution in [0.2, 0.25) is 0 Å². The molecule has 7 nitrogen and oxygen atoms in total. The van der Waals surface area contributed by atoms with E-state index in [2.05, 4.69) is 25.4 Å². The van der Waals surface area contributed by atoms with Crippen molar-refractivity contribution < 1.29 is 13.9 Å². The van der Waals surface area contributed by atoms with Gasteiger partial charge in [0.15, 0.2) is 5.96 Å². The van der Waals surface area contributed by atoms with E-state index in [9.17, 15) is 4.39 Å². The van der Waals surface area contributed by atoms with Gasteiger partial charge in [0, 0.05) is 56.6 Å². The first-order valence-electron chi connectivity index (χ1n) is 10.8. The number of ether oxygens (including phenoxy) is 2. The van der Waals surface area contributed by atoms with Crippen LogP contribution in [0.5, 0.6) is 11.5 Å². The molecule has 2 atom stereocenters. The molecule has 1 fully saturated rings. The molecule has 2 aromatic rings. The summed E-state index contributed by atoms with van der Waals surface area (Å²) < 4.78 is 24.1. The lowest BCUT2D eigenvalue weighted by molar-refractivity contribution is 0.297. The Hall–Kier alpha value is -2.27. The van der Waals surface area contributed by atoms with E-state index in [0.717, 1.165) is 48.2 Å². The molecule has 0 aromatic heterocycles. The van der Waals surface area contributed by atoms with Crippen molar-refractivity contribution in [1.82, 2.24) is 15.5 Å². The van der Waals surface area contributed by atoms with Gasteiger partial charge in [0.05, 0.1) is 20.3 Å². The van der Waals surface area contributed by atoms with Crippen LogP contribution in [0.25, 0.3) is 0 Å². The van der Waals surface area contributed by atoms with Crippen molar-refractivity contribution in [3.63, 3.8) is 0 Å². The van der Waals surface area contributed by atoms with Gasteiger partial charge < -0.3 is 29.9 Å². The van der Waals surface area contributed by atoms with Gasteiger partial charge in [-0.25, -0.2) is 4.39 Å². The Labute approximate surface area is 213 Å². The summed E-state index contributed by atoms with van der Waals surface area (Å²) in [5.41, 5.74) is 2.13. The van der Waals surface area contributed by atoms with Crippen molar-refractivity contribution in [3.8, 4) is 11.5 Å². The number of guanidine groups is 1. The number of rotatable bonds is 8. The molecule has 2 N–H and O–H groups in total. The zero-order valence-electron chi connectivity index (χ0n) is 20.0. The number of benzene rings is 2. The second-order valence-electron chi connectivity index (χ2n) is 8.13. The second kappa shape index (κ2) is 12.8. The largest absolute Gasteiger partial charge is 0.497 e. The van der Waals surface area contributed by atoms with Crippen LogP contribution in [-0.4, -0.2) is 71.9 Å². The second-order valence-corrected chi connectivity index (χ2v) is 8.13. The van der Waals surface area contributed by atoms with Crippen LogP contribution in [0.4, 0.5) is 10.1 Å². The summed E-state index contributed by atoms with van der Waals surface area (Å²) in [5.74, 6) is 2.10. The van der Waals surface area contributed by atoms with Crippen LogP contribution < -0.4 is 25.0 Å². The number of nitrogens with zero attached hydrogens (tertiary/aromatic N) is 3. The predicted octanol–water partition coefficient (Wildman–Crippen LogP) is 3.51. The topological polar surface area (TPSA) is 61.4 Å². The maximum Gasteiger partial charge on any atom is 0.191 e. The fraction of sp³-hybridized carbons (Fsp3) is 0.458. The highest BCUT2D eigenvalue weighted by Crippen LogP contribution is 2.30. The molecule has 0 amide bonds. The maximum absolute atomic E-state index is 13.3. The molecular formula is C24H35FIN5O2. The fourth-order valence-electron chi connectivity index (χ4n) is 3.95. The summed E-state index contributed by atoms with van der Waals surface area (Å²) in [5, 5.41) is 6.96. The van der Waals surface area contributed by atoms with Gasteiger partial charge in [-0.3, -0.25) is 4.99 Å². The Kier molecular flexibility index (Phi) is 10.5. The summed E-state index contributed by atoms with van der Waals surface area (Å²) in [4.78, 5) is 8.83. The van der Waals surface area contributed by atoms with Gasteiger partial charge in [-0.15, -0.1) is 24.0 Å². The highest BCUT2D eigenvalue weighted by atomic mass is 127. The van der Waals surface area contributed by atoms with E-state index in [1.54, 1.807) is 21.3 Å². The first kappa shape index (κ1) is 27.0. The molecule has 182 valence electrons. The van der Waals surface area contributed by atoms with Gasteiger partial charge in [0.1, 0.15) is 17.3 Å². The standard InChI is InChI=1S/C24H34FN5O2.HI/c1-26-24(27-15-23(29(2)3)17-6-8-18(25)9-7-17)28-19-10-11-30(16-19)20-12-21(31-4)14-22(13-20)32-5;/h6-9,12-14,19,23H,10-11,15-16H2,1-5H3,(H2,26,27,28);1H. The van der Waals surface area contributed by atoms with Crippen molar-refractivity contribution >= 4 is 35.6 Å². The Balaban J connectivity index is 0.00000385. The van der Waals surface area contributed by atoms with Crippen molar-refractivity contribution in [1.29, 1.82) is 0 Å². The van der Waals surface area contributed by atoms with Crippen LogP contribution >= 0.6 is 24.0 Å². The van der Waals surface area contributed by atoms with Gasteiger partial charge in [-0.05, 0) is 38.2 Å². The summed E-state index contributed by atoms with van der Waals surface area (Å²) in [6.07, 6.45) is 0.995. The minimum Gasteiger partial charge on any atom is -0.497 e. The molecule has 3 rings (SSSR count). The summed E-state index contributed by atoms with van der Waals surface area (Å²) in [6.45, 7) is 2.44. The highest BCUT2D eigenvalue weighted by Gasteiger charge is 2.25. The maximum atomic E-state index is 13.3. The van der Waals surface area contributed by atoms with Crippen molar-refractivity contribution in [2.24, 2.45) is 4.99 Å². The van der Waals surface area contributed by atoms with E-state index in [-0.39, 0.29) is 41.9 Å². The normalized spacial score (nSPS) is 16.9. The number of likely N-dealkylation sites (N-methyl/N-ethyl adjacent to an activating group) is 1. The van der Waals surface area contributed by atoms with Crippen LogP contribution in [0.15, 0.2) is 47.5 Å². The number of halogens is 2. The number of hydrogen-bond acceptors (Lipinski definition) is 5. The molecular weight excluding hydrogens is 536 g/mol. The molecule has 0 radical (unpaired) electrons. The predicted molar refractivity (Wildman–Crippen MR) is 143 cm³/mol. The SMILES string of the molecule is CN=C(NCC(c1ccc(F)cc1)N(C)C)NC1CCN(c2cc(OC)cc(OC)c2)C1.I. The third kappa shape index (κ3) is 7.36. The van der Waals surface area contributed by atoms with E-state index in [0.29, 0.717) is 6.54 Å². The molecule has 0 aliphatic carbocycles. The van der Waals surface area contributed by atoms with Crippen molar-refractivity contribution in [3.05, 3.63) is 53.8 Å². The molecule has 9 heteroatoms. The molecule has 1 aliphatic rings. The first-order valence-corrected chi connectivity index (χ1v) is 10.8. The molecule has 1 heterocycles. The van der Waals surface area contributed by atoms with Gasteiger partial charge in [-0.2, -0.15) is 0 Å². The van der Waals surface area contributed by atoms with E-state index in [4.69, 9.17) is 9.47 Å². The Morgan fingerprint density at radius 1 is 1.15 bits per heavy atom. The van der Waals surface area contributed by atoms with Crippen molar-refractivity contribution in [2.45, 2.75) is 18.5 Å². The van der Waals surface area contributed by atoms with Crippen LogP contribution in [0, 0.1) is 5.82 Å². The molecule has 33 heavy (non-hydrogen) atoms. The molecule has 1 saturated heterocycles. The van der Waals surface area contributed by atoms with Gasteiger partial charge in [-0.1, -0.05) is 12.1 Å². The summed E-state index contributed by atoms with van der Waals surface area (Å²) in [6, 6.07) is 13.0. The van der Waals surface area contributed by atoms with E-state index in [1.165, 1.54) is 12.1 Å². The minimum absolute atomic E-state index is 0. The molecule has 0 bridgehead atoms. The van der Waals surface area contributed by atoms with E-state index < -0.39 is 0 Å². The van der Waals surface area contributed by atoms with Crippen LogP contribution in [-0.2, 0) is 0 Å². The van der Waals surface area contributed by atoms with Crippen LogP contribution in [0.3, 0.4) is 0 Å². The third-order valence-corrected chi connectivity index (χ3v) is 5.80. The molecule has 0 saturated carbocycles. The molecule has 2 unspecified atom stereocenters. The monoisotopic (exact) mass is 571 g/mol. The summed E-state index contributed by atoms with van der Waals surface area (Å²) >= 11 is 0. The number of anilines is 1. The fourth-order valence-corrected chi connectivity index (χ4v) is 3.95. The number of hydrogen-bond donors (Lipinski definition) is 2. The lowest BCUT2D eigenvalue weighted by Crippen LogP contribution is -2.46. The lowest BCUT2D eigenvalue weighted by Gasteiger charge is -2.27. The van der Waals surface area contributed by atoms with Gasteiger partial charge >= 0.3 is 0 Å². The molecule has 1 aliphatic heterocycles. The first-order chi connectivity index (χ1) is 15.4. The van der Waals surface area contributed by atoms with E-state index in [1.807, 2.05) is 44.4 Å². The van der Waals surface area contributed by atoms with Crippen molar-refractivity contribution in [2.75, 3.05) is 59.9 Å². The molecule has 0 spiro atoms. The average molecular weight is 571 g/mol. The van der Waals surface area contributed by atoms with Crippen LogP contribution in [0.1, 0.15) is 18.0 Å². The zero-order valence-corrected chi connectivity index (χ0v) is 22.3. The minimum atomic E-state index is -0.226. The Bertz CT molecular complexity index is 888. The smallest absolute Gasteiger partial charge is 0.191 e. The number of aliphatic imine (C=N–C) groups is 1. The van der Waals surface area contributed by atoms with Gasteiger partial charge in [0.2, 0.25) is 0 Å². The van der Waals surface area contributed by atoms with E-state index >= 15 is 0 Å². The Morgan fingerprint density at radius 3 is 2.33 bits per heavy atom. The third-order valence-electron chi connectivity index (χ3n) is 5.80. The Morgan fingerprint density at radius 2 is 1.79 bits per heavy atom. The number of methoxy groups -OCH3 is 2. The summed E-state index contributed by atoms with van der Waals surface area (Å²) in [7, 11) is 9.13.